The molecule has 1 fully saturated rings. The van der Waals surface area contributed by atoms with E-state index in [1.807, 2.05) is 24.3 Å². The lowest BCUT2D eigenvalue weighted by molar-refractivity contribution is 0.570. The van der Waals surface area contributed by atoms with Crippen LogP contribution in [0.5, 0.6) is 0 Å². The Labute approximate surface area is 91.6 Å². The molecular weight excluding hydrogens is 266 g/mol. The zero-order chi connectivity index (χ0) is 10.2. The molecule has 1 aromatic rings. The van der Waals surface area contributed by atoms with Crippen LogP contribution in [-0.2, 0) is 9.84 Å². The Balaban J connectivity index is 2.03. The molecule has 0 spiro atoms. The van der Waals surface area contributed by atoms with Crippen molar-refractivity contribution >= 4 is 31.5 Å². The van der Waals surface area contributed by atoms with Crippen LogP contribution in [0.2, 0.25) is 0 Å². The fourth-order valence-electron chi connectivity index (χ4n) is 1.45. The zero-order valence-corrected chi connectivity index (χ0v) is 9.81. The molecule has 1 N–H and O–H groups in total. The molecule has 0 atom stereocenters. The monoisotopic (exact) mass is 275 g/mol. The van der Waals surface area contributed by atoms with Crippen LogP contribution in [0.1, 0.15) is 0 Å². The van der Waals surface area contributed by atoms with E-state index in [4.69, 9.17) is 0 Å². The molecule has 0 aliphatic carbocycles. The molecule has 5 heteroatoms. The first kappa shape index (κ1) is 9.98. The van der Waals surface area contributed by atoms with Gasteiger partial charge in [0.2, 0.25) is 0 Å². The van der Waals surface area contributed by atoms with Crippen LogP contribution in [0, 0.1) is 0 Å². The lowest BCUT2D eigenvalue weighted by Crippen LogP contribution is -2.46. The quantitative estimate of drug-likeness (QED) is 0.893. The molecule has 1 aromatic carbocycles. The van der Waals surface area contributed by atoms with Gasteiger partial charge in [0.15, 0.2) is 9.84 Å². The van der Waals surface area contributed by atoms with Crippen LogP contribution < -0.4 is 5.32 Å². The highest BCUT2D eigenvalue weighted by atomic mass is 79.9. The van der Waals surface area contributed by atoms with Crippen molar-refractivity contribution < 1.29 is 8.42 Å². The smallest absolute Gasteiger partial charge is 0.154 e. The average Bonchev–Trinajstić information content (AvgIpc) is 2.05. The summed E-state index contributed by atoms with van der Waals surface area (Å²) in [6, 6.07) is 7.76. The van der Waals surface area contributed by atoms with E-state index in [2.05, 4.69) is 21.2 Å². The van der Waals surface area contributed by atoms with E-state index < -0.39 is 9.84 Å². The fraction of sp³-hybridized carbons (Fsp3) is 0.333. The number of hydrogen-bond acceptors (Lipinski definition) is 3. The number of nitrogens with one attached hydrogen (secondary N) is 1. The predicted octanol–water partition coefficient (Wildman–Crippen LogP) is 1.66. The van der Waals surface area contributed by atoms with Gasteiger partial charge in [0.1, 0.15) is 0 Å². The molecule has 0 radical (unpaired) electrons. The van der Waals surface area contributed by atoms with Gasteiger partial charge in [0.05, 0.1) is 17.5 Å². The zero-order valence-electron chi connectivity index (χ0n) is 7.40. The summed E-state index contributed by atoms with van der Waals surface area (Å²) in [5.74, 6) is 0.489. The maximum absolute atomic E-state index is 10.9. The number of anilines is 1. The molecule has 2 rings (SSSR count). The van der Waals surface area contributed by atoms with Crippen LogP contribution in [0.4, 0.5) is 5.69 Å². The molecule has 1 aliphatic rings. The van der Waals surface area contributed by atoms with Gasteiger partial charge in [-0.25, -0.2) is 8.42 Å². The van der Waals surface area contributed by atoms with E-state index in [0.717, 1.165) is 10.2 Å². The standard InChI is InChI=1S/C9H10BrNO2S/c10-8-3-1-2-4-9(8)11-7-5-14(12,13)6-7/h1-4,7,11H,5-6H2. The van der Waals surface area contributed by atoms with Crippen LogP contribution >= 0.6 is 15.9 Å². The highest BCUT2D eigenvalue weighted by molar-refractivity contribution is 9.10. The van der Waals surface area contributed by atoms with Gasteiger partial charge < -0.3 is 5.32 Å². The van der Waals surface area contributed by atoms with Crippen molar-refractivity contribution in [1.82, 2.24) is 0 Å². The summed E-state index contributed by atoms with van der Waals surface area (Å²) in [7, 11) is -2.74. The topological polar surface area (TPSA) is 46.2 Å². The maximum Gasteiger partial charge on any atom is 0.154 e. The third kappa shape index (κ3) is 2.09. The molecule has 0 amide bonds. The largest absolute Gasteiger partial charge is 0.379 e. The minimum atomic E-state index is -2.74. The fourth-order valence-corrected chi connectivity index (χ4v) is 3.14. The lowest BCUT2D eigenvalue weighted by Gasteiger charge is -2.27. The summed E-state index contributed by atoms with van der Waals surface area (Å²) in [6.07, 6.45) is 0. The second-order valence-corrected chi connectivity index (χ2v) is 6.41. The number of hydrogen-bond donors (Lipinski definition) is 1. The number of sulfone groups is 1. The maximum atomic E-state index is 10.9. The van der Waals surface area contributed by atoms with E-state index in [1.165, 1.54) is 0 Å². The molecule has 0 aromatic heterocycles. The molecule has 3 nitrogen and oxygen atoms in total. The third-order valence-corrected chi connectivity index (χ3v) is 4.66. The van der Waals surface area contributed by atoms with Crippen LogP contribution in [-0.4, -0.2) is 26.0 Å². The molecule has 76 valence electrons. The highest BCUT2D eigenvalue weighted by Gasteiger charge is 2.33. The number of benzene rings is 1. The normalized spacial score (nSPS) is 20.1. The summed E-state index contributed by atoms with van der Waals surface area (Å²) in [5.41, 5.74) is 0.951. The van der Waals surface area contributed by atoms with Gasteiger partial charge in [0.25, 0.3) is 0 Å². The SMILES string of the molecule is O=S1(=O)CC(Nc2ccccc2Br)C1. The molecule has 1 saturated heterocycles. The summed E-state index contributed by atoms with van der Waals surface area (Å²) in [4.78, 5) is 0. The molecule has 0 saturated carbocycles. The van der Waals surface area contributed by atoms with Gasteiger partial charge in [-0.2, -0.15) is 0 Å². The first-order valence-electron chi connectivity index (χ1n) is 4.28. The Morgan fingerprint density at radius 2 is 1.93 bits per heavy atom. The Morgan fingerprint density at radius 3 is 2.50 bits per heavy atom. The van der Waals surface area contributed by atoms with E-state index in [1.54, 1.807) is 0 Å². The highest BCUT2D eigenvalue weighted by Crippen LogP contribution is 2.24. The van der Waals surface area contributed by atoms with Gasteiger partial charge in [0, 0.05) is 10.2 Å². The van der Waals surface area contributed by atoms with Crippen molar-refractivity contribution in [3.8, 4) is 0 Å². The summed E-state index contributed by atoms with van der Waals surface area (Å²) in [5, 5.41) is 3.18. The molecule has 1 heterocycles. The van der Waals surface area contributed by atoms with Gasteiger partial charge in [-0.15, -0.1) is 0 Å². The van der Waals surface area contributed by atoms with Crippen molar-refractivity contribution in [2.45, 2.75) is 6.04 Å². The first-order chi connectivity index (χ1) is 6.57. The molecule has 0 unspecified atom stereocenters. The Kier molecular flexibility index (Phi) is 2.53. The van der Waals surface area contributed by atoms with E-state index in [0.29, 0.717) is 0 Å². The molecular formula is C9H10BrNO2S. The van der Waals surface area contributed by atoms with E-state index >= 15 is 0 Å². The number of halogens is 1. The Morgan fingerprint density at radius 1 is 1.29 bits per heavy atom. The van der Waals surface area contributed by atoms with Gasteiger partial charge in [-0.05, 0) is 28.1 Å². The number of para-hydroxylation sites is 1. The summed E-state index contributed by atoms with van der Waals surface area (Å²) < 4.78 is 22.8. The van der Waals surface area contributed by atoms with Crippen molar-refractivity contribution in [3.05, 3.63) is 28.7 Å². The van der Waals surface area contributed by atoms with Crippen LogP contribution in [0.25, 0.3) is 0 Å². The molecule has 0 bridgehead atoms. The van der Waals surface area contributed by atoms with Gasteiger partial charge >= 0.3 is 0 Å². The van der Waals surface area contributed by atoms with Crippen LogP contribution in [0.15, 0.2) is 28.7 Å². The van der Waals surface area contributed by atoms with Crippen molar-refractivity contribution in [2.75, 3.05) is 16.8 Å². The van der Waals surface area contributed by atoms with Gasteiger partial charge in [-0.3, -0.25) is 0 Å². The molecule has 14 heavy (non-hydrogen) atoms. The number of rotatable bonds is 2. The van der Waals surface area contributed by atoms with E-state index in [-0.39, 0.29) is 17.5 Å². The lowest BCUT2D eigenvalue weighted by atomic mass is 10.3. The van der Waals surface area contributed by atoms with Crippen molar-refractivity contribution in [2.24, 2.45) is 0 Å². The minimum Gasteiger partial charge on any atom is -0.379 e. The minimum absolute atomic E-state index is 0.0682. The second kappa shape index (κ2) is 3.55. The average molecular weight is 276 g/mol. The second-order valence-electron chi connectivity index (χ2n) is 3.40. The Bertz CT molecular complexity index is 432. The summed E-state index contributed by atoms with van der Waals surface area (Å²) >= 11 is 3.39. The summed E-state index contributed by atoms with van der Waals surface area (Å²) in [6.45, 7) is 0. The van der Waals surface area contributed by atoms with Crippen molar-refractivity contribution in [1.29, 1.82) is 0 Å². The van der Waals surface area contributed by atoms with Gasteiger partial charge in [-0.1, -0.05) is 12.1 Å². The Hall–Kier alpha value is -0.550. The van der Waals surface area contributed by atoms with E-state index in [9.17, 15) is 8.42 Å². The van der Waals surface area contributed by atoms with Crippen LogP contribution in [0.3, 0.4) is 0 Å². The predicted molar refractivity (Wildman–Crippen MR) is 60.2 cm³/mol. The first-order valence-corrected chi connectivity index (χ1v) is 6.90. The molecule has 1 aliphatic heterocycles. The van der Waals surface area contributed by atoms with Crippen molar-refractivity contribution in [3.63, 3.8) is 0 Å². The third-order valence-electron chi connectivity index (χ3n) is 2.14.